The Balaban J connectivity index is 1.86. The Kier molecular flexibility index (Phi) is 3.67. The van der Waals surface area contributed by atoms with E-state index in [1.165, 1.54) is 0 Å². The molecule has 1 fully saturated rings. The normalized spacial score (nSPS) is 18.2. The molecule has 0 radical (unpaired) electrons. The van der Waals surface area contributed by atoms with Crippen LogP contribution in [0.5, 0.6) is 0 Å². The largest absolute Gasteiger partial charge is 0.453 e. The van der Waals surface area contributed by atoms with Crippen molar-refractivity contribution >= 4 is 11.5 Å². The molecule has 0 aromatic carbocycles. The minimum absolute atomic E-state index is 0.0821. The quantitative estimate of drug-likeness (QED) is 0.692. The molecule has 0 spiro atoms. The Morgan fingerprint density at radius 2 is 1.92 bits per heavy atom. The lowest BCUT2D eigenvalue weighted by Gasteiger charge is -2.26. The van der Waals surface area contributed by atoms with Gasteiger partial charge in [0.1, 0.15) is 11.5 Å². The molecule has 0 saturated carbocycles. The van der Waals surface area contributed by atoms with Crippen molar-refractivity contribution in [1.82, 2.24) is 25.0 Å². The van der Waals surface area contributed by atoms with Gasteiger partial charge in [-0.2, -0.15) is 17.7 Å². The van der Waals surface area contributed by atoms with Gasteiger partial charge in [-0.05, 0) is 33.6 Å². The number of aryl methyl sites for hydroxylation is 2. The molecule has 1 aliphatic rings. The molecule has 0 bridgehead atoms. The Bertz CT molecular complexity index is 976. The van der Waals surface area contributed by atoms with E-state index in [0.29, 0.717) is 23.7 Å². The van der Waals surface area contributed by atoms with E-state index in [1.807, 2.05) is 24.8 Å². The highest BCUT2D eigenvalue weighted by molar-refractivity contribution is 5.60. The van der Waals surface area contributed by atoms with Crippen LogP contribution < -0.4 is 4.90 Å². The maximum Gasteiger partial charge on any atom is 0.453 e. The van der Waals surface area contributed by atoms with Gasteiger partial charge in [-0.3, -0.25) is 0 Å². The number of rotatable bonds is 2. The van der Waals surface area contributed by atoms with E-state index in [2.05, 4.69) is 20.5 Å². The number of nitrogens with zero attached hydrogens (tertiary/aromatic N) is 6. The molecule has 1 saturated heterocycles. The number of alkyl halides is 3. The Morgan fingerprint density at radius 3 is 2.58 bits per heavy atom. The van der Waals surface area contributed by atoms with Crippen LogP contribution in [0, 0.1) is 20.8 Å². The number of halogens is 3. The van der Waals surface area contributed by atoms with E-state index in [4.69, 9.17) is 4.52 Å². The Morgan fingerprint density at radius 1 is 1.15 bits per heavy atom. The van der Waals surface area contributed by atoms with E-state index in [-0.39, 0.29) is 11.7 Å². The molecule has 4 rings (SSSR count). The number of hydrogen-bond acceptors (Lipinski definition) is 6. The summed E-state index contributed by atoms with van der Waals surface area (Å²) >= 11 is 0. The van der Waals surface area contributed by atoms with Crippen LogP contribution >= 0.6 is 0 Å². The highest BCUT2D eigenvalue weighted by Gasteiger charge is 2.39. The zero-order chi connectivity index (χ0) is 18.6. The third-order valence-electron chi connectivity index (χ3n) is 4.83. The fraction of sp³-hybridized carbons (Fsp3) is 0.500. The first-order chi connectivity index (χ1) is 12.3. The zero-order valence-corrected chi connectivity index (χ0v) is 14.5. The standard InChI is InChI=1S/C16H17F3N6O/c1-8-7-11(23-26-8)12-5-4-6-24(12)14-10(3)9(2)13-20-21-15(16(17,18)19)25(13)22-14/h7,12H,4-6H2,1-3H3. The molecule has 4 heterocycles. The van der Waals surface area contributed by atoms with Gasteiger partial charge in [0.25, 0.3) is 5.82 Å². The topological polar surface area (TPSA) is 72.4 Å². The summed E-state index contributed by atoms with van der Waals surface area (Å²) in [6, 6.07) is 1.77. The molecule has 10 heteroatoms. The van der Waals surface area contributed by atoms with Crippen LogP contribution in [0.3, 0.4) is 0 Å². The molecule has 138 valence electrons. The summed E-state index contributed by atoms with van der Waals surface area (Å²) in [6.45, 7) is 6.06. The Labute approximate surface area is 146 Å². The van der Waals surface area contributed by atoms with Crippen LogP contribution in [-0.2, 0) is 6.18 Å². The summed E-state index contributed by atoms with van der Waals surface area (Å²) in [5.74, 6) is 0.0645. The summed E-state index contributed by atoms with van der Waals surface area (Å²) in [6.07, 6.45) is -2.90. The first kappa shape index (κ1) is 16.8. The van der Waals surface area contributed by atoms with Crippen molar-refractivity contribution in [1.29, 1.82) is 0 Å². The highest BCUT2D eigenvalue weighted by atomic mass is 19.4. The molecular formula is C16H17F3N6O. The van der Waals surface area contributed by atoms with Crippen molar-refractivity contribution in [3.63, 3.8) is 0 Å². The summed E-state index contributed by atoms with van der Waals surface area (Å²) in [4.78, 5) is 1.99. The number of anilines is 1. The van der Waals surface area contributed by atoms with Crippen LogP contribution in [-0.4, -0.2) is 31.5 Å². The van der Waals surface area contributed by atoms with Crippen molar-refractivity contribution in [2.45, 2.75) is 45.8 Å². The fourth-order valence-corrected chi connectivity index (χ4v) is 3.43. The van der Waals surface area contributed by atoms with Gasteiger partial charge >= 0.3 is 6.18 Å². The van der Waals surface area contributed by atoms with Gasteiger partial charge in [0.15, 0.2) is 11.5 Å². The van der Waals surface area contributed by atoms with Gasteiger partial charge in [-0.25, -0.2) is 0 Å². The summed E-state index contributed by atoms with van der Waals surface area (Å²) in [7, 11) is 0. The lowest BCUT2D eigenvalue weighted by Crippen LogP contribution is -2.26. The SMILES string of the molecule is Cc1cc(C2CCCN2c2nn3c(C(F)(F)F)nnc3c(C)c2C)no1. The van der Waals surface area contributed by atoms with Gasteiger partial charge in [-0.15, -0.1) is 15.3 Å². The Hall–Kier alpha value is -2.65. The van der Waals surface area contributed by atoms with Gasteiger partial charge in [0.05, 0.1) is 6.04 Å². The van der Waals surface area contributed by atoms with Crippen LogP contribution in [0.25, 0.3) is 5.65 Å². The molecule has 1 atom stereocenters. The zero-order valence-electron chi connectivity index (χ0n) is 14.5. The van der Waals surface area contributed by atoms with Crippen molar-refractivity contribution in [3.05, 3.63) is 34.5 Å². The van der Waals surface area contributed by atoms with Crippen LogP contribution in [0.15, 0.2) is 10.6 Å². The molecule has 3 aromatic heterocycles. The maximum absolute atomic E-state index is 13.2. The second kappa shape index (κ2) is 5.68. The van der Waals surface area contributed by atoms with Crippen LogP contribution in [0.4, 0.5) is 19.0 Å². The summed E-state index contributed by atoms with van der Waals surface area (Å²) in [5.41, 5.74) is 2.29. The van der Waals surface area contributed by atoms with Gasteiger partial charge in [0, 0.05) is 23.7 Å². The number of aromatic nitrogens is 5. The molecule has 0 aliphatic carbocycles. The predicted octanol–water partition coefficient (Wildman–Crippen LogP) is 3.40. The van der Waals surface area contributed by atoms with Crippen molar-refractivity contribution in [3.8, 4) is 0 Å². The first-order valence-corrected chi connectivity index (χ1v) is 8.27. The van der Waals surface area contributed by atoms with Gasteiger partial charge in [-0.1, -0.05) is 5.16 Å². The van der Waals surface area contributed by atoms with Crippen molar-refractivity contribution in [2.75, 3.05) is 11.4 Å². The molecule has 1 aliphatic heterocycles. The molecule has 1 unspecified atom stereocenters. The van der Waals surface area contributed by atoms with E-state index in [9.17, 15) is 13.2 Å². The first-order valence-electron chi connectivity index (χ1n) is 8.27. The fourth-order valence-electron chi connectivity index (χ4n) is 3.43. The lowest BCUT2D eigenvalue weighted by molar-refractivity contribution is -0.146. The highest BCUT2D eigenvalue weighted by Crippen LogP contribution is 2.38. The smallest absolute Gasteiger partial charge is 0.361 e. The predicted molar refractivity (Wildman–Crippen MR) is 85.8 cm³/mol. The molecule has 3 aromatic rings. The molecule has 7 nitrogen and oxygen atoms in total. The summed E-state index contributed by atoms with van der Waals surface area (Å²) in [5, 5.41) is 15.3. The van der Waals surface area contributed by atoms with Crippen LogP contribution in [0.1, 0.15) is 47.3 Å². The molecular weight excluding hydrogens is 349 g/mol. The second-order valence-corrected chi connectivity index (χ2v) is 6.54. The summed E-state index contributed by atoms with van der Waals surface area (Å²) < 4.78 is 45.7. The van der Waals surface area contributed by atoms with Gasteiger partial charge in [0.2, 0.25) is 0 Å². The minimum atomic E-state index is -4.63. The van der Waals surface area contributed by atoms with E-state index in [1.54, 1.807) is 6.92 Å². The molecule has 0 amide bonds. The molecule has 26 heavy (non-hydrogen) atoms. The van der Waals surface area contributed by atoms with E-state index >= 15 is 0 Å². The second-order valence-electron chi connectivity index (χ2n) is 6.54. The van der Waals surface area contributed by atoms with E-state index in [0.717, 1.165) is 28.6 Å². The minimum Gasteiger partial charge on any atom is -0.361 e. The van der Waals surface area contributed by atoms with Crippen molar-refractivity contribution in [2.24, 2.45) is 0 Å². The third-order valence-corrected chi connectivity index (χ3v) is 4.83. The third kappa shape index (κ3) is 2.51. The average molecular weight is 366 g/mol. The maximum atomic E-state index is 13.2. The van der Waals surface area contributed by atoms with E-state index < -0.39 is 12.0 Å². The van der Waals surface area contributed by atoms with Crippen molar-refractivity contribution < 1.29 is 17.7 Å². The lowest BCUT2D eigenvalue weighted by atomic mass is 10.1. The number of hydrogen-bond donors (Lipinski definition) is 0. The van der Waals surface area contributed by atoms with Gasteiger partial charge < -0.3 is 9.42 Å². The van der Waals surface area contributed by atoms with Crippen LogP contribution in [0.2, 0.25) is 0 Å². The monoisotopic (exact) mass is 366 g/mol. The average Bonchev–Trinajstić information content (AvgIpc) is 3.27. The number of fused-ring (bicyclic) bond motifs is 1. The molecule has 0 N–H and O–H groups in total.